The third-order valence-corrected chi connectivity index (χ3v) is 7.09. The van der Waals surface area contributed by atoms with Gasteiger partial charge in [-0.2, -0.15) is 0 Å². The van der Waals surface area contributed by atoms with Crippen LogP contribution in [0, 0.1) is 5.92 Å². The van der Waals surface area contributed by atoms with Crippen LogP contribution >= 0.6 is 0 Å². The van der Waals surface area contributed by atoms with Crippen molar-refractivity contribution >= 4 is 17.8 Å². The standard InChI is InChI=1S/C29H31N5O3/c1-18-25(20-7-5-4-6-8-20)37-24-14-13-22(17-23(24)29(18)27(36)32-28(30)33-29)19-9-11-21(12-10-19)26(35)31-15-16-34(2)3/h4-14,17-18,25H,15-16H2,1-3H3,(H,31,35)(H3,30,32,33,36)/t18?,25-,29?/m1/s1. The number of rotatable bonds is 6. The van der Waals surface area contributed by atoms with Crippen LogP contribution in [0.1, 0.15) is 34.5 Å². The maximum Gasteiger partial charge on any atom is 0.259 e. The average Bonchev–Trinajstić information content (AvgIpc) is 3.20. The fraction of sp³-hybridized carbons (Fsp3) is 0.276. The number of guanidine groups is 1. The molecule has 0 bridgehead atoms. The second-order valence-corrected chi connectivity index (χ2v) is 9.80. The molecule has 8 heteroatoms. The first-order valence-electron chi connectivity index (χ1n) is 12.4. The highest BCUT2D eigenvalue weighted by atomic mass is 16.5. The van der Waals surface area contributed by atoms with Gasteiger partial charge in [-0.05, 0) is 55.1 Å². The quantitative estimate of drug-likeness (QED) is 0.485. The lowest BCUT2D eigenvalue weighted by Crippen LogP contribution is -2.48. The lowest BCUT2D eigenvalue weighted by molar-refractivity contribution is -0.128. The number of nitrogens with zero attached hydrogens (tertiary/aromatic N) is 2. The van der Waals surface area contributed by atoms with Gasteiger partial charge in [-0.1, -0.05) is 55.5 Å². The predicted molar refractivity (Wildman–Crippen MR) is 143 cm³/mol. The van der Waals surface area contributed by atoms with Crippen molar-refractivity contribution < 1.29 is 14.3 Å². The van der Waals surface area contributed by atoms with E-state index in [1.165, 1.54) is 0 Å². The molecule has 2 aliphatic rings. The van der Waals surface area contributed by atoms with Crippen molar-refractivity contribution in [2.75, 3.05) is 27.2 Å². The van der Waals surface area contributed by atoms with Gasteiger partial charge in [0.05, 0.1) is 0 Å². The molecule has 3 atom stereocenters. The number of hydrogen-bond donors (Lipinski definition) is 3. The molecule has 0 saturated carbocycles. The molecule has 4 N–H and O–H groups in total. The molecule has 2 amide bonds. The molecule has 0 aromatic heterocycles. The number of fused-ring (bicyclic) bond motifs is 2. The number of likely N-dealkylation sites (N-methyl/N-ethyl adjacent to an activating group) is 1. The van der Waals surface area contributed by atoms with Crippen molar-refractivity contribution in [3.05, 3.63) is 89.5 Å². The minimum Gasteiger partial charge on any atom is -0.485 e. The van der Waals surface area contributed by atoms with E-state index in [1.54, 1.807) is 12.1 Å². The maximum absolute atomic E-state index is 13.4. The van der Waals surface area contributed by atoms with E-state index in [0.29, 0.717) is 23.4 Å². The molecule has 2 aliphatic heterocycles. The molecule has 0 radical (unpaired) electrons. The van der Waals surface area contributed by atoms with Crippen molar-refractivity contribution in [1.82, 2.24) is 15.5 Å². The van der Waals surface area contributed by atoms with E-state index in [4.69, 9.17) is 10.5 Å². The molecule has 0 aliphatic carbocycles. The van der Waals surface area contributed by atoms with Crippen LogP contribution in [0.5, 0.6) is 5.75 Å². The Morgan fingerprint density at radius 2 is 1.78 bits per heavy atom. The number of nitrogens with two attached hydrogens (primary N) is 1. The van der Waals surface area contributed by atoms with E-state index < -0.39 is 5.54 Å². The van der Waals surface area contributed by atoms with Crippen LogP contribution in [0.15, 0.2) is 77.8 Å². The molecular weight excluding hydrogens is 466 g/mol. The Balaban J connectivity index is 1.49. The van der Waals surface area contributed by atoms with E-state index >= 15 is 0 Å². The summed E-state index contributed by atoms with van der Waals surface area (Å²) in [6.07, 6.45) is -0.370. The van der Waals surface area contributed by atoms with Gasteiger partial charge < -0.3 is 20.7 Å². The second-order valence-electron chi connectivity index (χ2n) is 9.80. The van der Waals surface area contributed by atoms with Gasteiger partial charge in [0.2, 0.25) is 0 Å². The first-order chi connectivity index (χ1) is 17.8. The van der Waals surface area contributed by atoms with Crippen LogP contribution in [0.25, 0.3) is 11.1 Å². The van der Waals surface area contributed by atoms with Crippen molar-refractivity contribution in [2.45, 2.75) is 18.6 Å². The van der Waals surface area contributed by atoms with Crippen LogP contribution in [-0.2, 0) is 10.3 Å². The molecule has 190 valence electrons. The Hall–Kier alpha value is -4.17. The highest BCUT2D eigenvalue weighted by Crippen LogP contribution is 2.52. The summed E-state index contributed by atoms with van der Waals surface area (Å²) in [7, 11) is 3.93. The minimum atomic E-state index is -1.21. The van der Waals surface area contributed by atoms with Gasteiger partial charge >= 0.3 is 0 Å². The van der Waals surface area contributed by atoms with Crippen LogP contribution in [0.4, 0.5) is 0 Å². The van der Waals surface area contributed by atoms with Gasteiger partial charge in [0, 0.05) is 30.1 Å². The normalized spacial score (nSPS) is 22.3. The van der Waals surface area contributed by atoms with Crippen molar-refractivity contribution in [2.24, 2.45) is 16.6 Å². The van der Waals surface area contributed by atoms with E-state index in [-0.39, 0.29) is 29.8 Å². The average molecular weight is 498 g/mol. The lowest BCUT2D eigenvalue weighted by atomic mass is 9.72. The van der Waals surface area contributed by atoms with Gasteiger partial charge in [0.15, 0.2) is 11.5 Å². The van der Waals surface area contributed by atoms with Gasteiger partial charge in [-0.15, -0.1) is 0 Å². The summed E-state index contributed by atoms with van der Waals surface area (Å²) >= 11 is 0. The molecule has 2 heterocycles. The summed E-state index contributed by atoms with van der Waals surface area (Å²) in [6, 6.07) is 23.0. The first kappa shape index (κ1) is 24.5. The summed E-state index contributed by atoms with van der Waals surface area (Å²) in [5.74, 6) is 0.0176. The Morgan fingerprint density at radius 3 is 2.43 bits per heavy atom. The van der Waals surface area contributed by atoms with Gasteiger partial charge in [0.1, 0.15) is 11.9 Å². The Labute approximate surface area is 216 Å². The molecule has 8 nitrogen and oxygen atoms in total. The Morgan fingerprint density at radius 1 is 1.08 bits per heavy atom. The number of nitrogens with one attached hydrogen (secondary N) is 2. The van der Waals surface area contributed by atoms with Crippen LogP contribution in [-0.4, -0.2) is 49.9 Å². The molecule has 1 spiro atoms. The van der Waals surface area contributed by atoms with E-state index in [9.17, 15) is 9.59 Å². The number of ether oxygens (including phenoxy) is 1. The third-order valence-electron chi connectivity index (χ3n) is 7.09. The van der Waals surface area contributed by atoms with E-state index in [0.717, 1.165) is 23.2 Å². The summed E-state index contributed by atoms with van der Waals surface area (Å²) in [5, 5.41) is 5.64. The number of carbonyl (C=O) groups is 2. The highest BCUT2D eigenvalue weighted by Gasteiger charge is 2.56. The van der Waals surface area contributed by atoms with Gasteiger partial charge in [-0.3, -0.25) is 14.9 Å². The summed E-state index contributed by atoms with van der Waals surface area (Å²) in [5.41, 5.74) is 8.84. The summed E-state index contributed by atoms with van der Waals surface area (Å²) in [6.45, 7) is 3.32. The van der Waals surface area contributed by atoms with Crippen LogP contribution in [0.2, 0.25) is 0 Å². The second kappa shape index (κ2) is 9.71. The summed E-state index contributed by atoms with van der Waals surface area (Å²) < 4.78 is 6.45. The van der Waals surface area contributed by atoms with E-state index in [1.807, 2.05) is 86.6 Å². The first-order valence-corrected chi connectivity index (χ1v) is 12.4. The van der Waals surface area contributed by atoms with Crippen LogP contribution in [0.3, 0.4) is 0 Å². The maximum atomic E-state index is 13.4. The van der Waals surface area contributed by atoms with Gasteiger partial charge in [-0.25, -0.2) is 4.99 Å². The molecule has 37 heavy (non-hydrogen) atoms. The largest absolute Gasteiger partial charge is 0.485 e. The Kier molecular flexibility index (Phi) is 6.43. The van der Waals surface area contributed by atoms with E-state index in [2.05, 4.69) is 15.6 Å². The number of amides is 2. The number of benzene rings is 3. The minimum absolute atomic E-state index is 0.103. The van der Waals surface area contributed by atoms with Crippen molar-refractivity contribution in [3.8, 4) is 16.9 Å². The number of hydrogen-bond acceptors (Lipinski definition) is 6. The molecule has 2 unspecified atom stereocenters. The van der Waals surface area contributed by atoms with Crippen molar-refractivity contribution in [1.29, 1.82) is 0 Å². The molecule has 3 aromatic rings. The predicted octanol–water partition coefficient (Wildman–Crippen LogP) is 3.05. The van der Waals surface area contributed by atoms with Crippen LogP contribution < -0.4 is 21.1 Å². The number of aliphatic imine (C=N–C) groups is 1. The molecule has 0 fully saturated rings. The molecule has 3 aromatic carbocycles. The Bertz CT molecular complexity index is 1350. The zero-order valence-corrected chi connectivity index (χ0v) is 21.2. The fourth-order valence-corrected chi connectivity index (χ4v) is 5.09. The topological polar surface area (TPSA) is 109 Å². The zero-order chi connectivity index (χ0) is 26.2. The smallest absolute Gasteiger partial charge is 0.259 e. The SMILES string of the molecule is CC1[C@H](c2ccccc2)Oc2ccc(-c3ccc(C(=O)NCCN(C)C)cc3)cc2C12N=C(N)NC2=O. The monoisotopic (exact) mass is 497 g/mol. The van der Waals surface area contributed by atoms with Crippen molar-refractivity contribution in [3.63, 3.8) is 0 Å². The summed E-state index contributed by atoms with van der Waals surface area (Å²) in [4.78, 5) is 32.6. The zero-order valence-electron chi connectivity index (χ0n) is 21.2. The number of carbonyl (C=O) groups excluding carboxylic acids is 2. The highest BCUT2D eigenvalue weighted by molar-refractivity contribution is 6.08. The molecule has 0 saturated heterocycles. The molecule has 5 rings (SSSR count). The lowest BCUT2D eigenvalue weighted by Gasteiger charge is -2.42. The van der Waals surface area contributed by atoms with Gasteiger partial charge in [0.25, 0.3) is 11.8 Å². The molecular formula is C29H31N5O3. The third kappa shape index (κ3) is 4.44. The fourth-order valence-electron chi connectivity index (χ4n) is 5.09.